The van der Waals surface area contributed by atoms with E-state index in [2.05, 4.69) is 0 Å². The van der Waals surface area contributed by atoms with Gasteiger partial charge >= 0.3 is 5.97 Å². The molecule has 0 spiro atoms. The number of alkyl halides is 3. The van der Waals surface area contributed by atoms with Crippen LogP contribution in [0, 0.1) is 0 Å². The molecule has 6 heteroatoms. The summed E-state index contributed by atoms with van der Waals surface area (Å²) in [4.78, 5) is 10.8. The summed E-state index contributed by atoms with van der Waals surface area (Å²) < 4.78 is 3.69. The SMILES string of the molecule is CC(=O)OCC([SH]1CCCCC1)C(Cl)(Cl)Cl. The highest BCUT2D eigenvalue weighted by Crippen LogP contribution is 2.48. The predicted molar refractivity (Wildman–Crippen MR) is 73.3 cm³/mol. The number of ether oxygens (including phenoxy) is 1. The average molecular weight is 308 g/mol. The zero-order valence-corrected chi connectivity index (χ0v) is 12.4. The molecule has 0 aromatic rings. The van der Waals surface area contributed by atoms with E-state index in [1.807, 2.05) is 0 Å². The molecule has 0 aliphatic carbocycles. The number of carbonyl (C=O) groups is 1. The van der Waals surface area contributed by atoms with E-state index in [9.17, 15) is 4.79 Å². The minimum atomic E-state index is -1.32. The van der Waals surface area contributed by atoms with E-state index in [0.29, 0.717) is 0 Å². The van der Waals surface area contributed by atoms with Gasteiger partial charge in [0.2, 0.25) is 3.79 Å². The molecule has 0 saturated carbocycles. The average Bonchev–Trinajstić information content (AvgIpc) is 2.17. The number of esters is 1. The summed E-state index contributed by atoms with van der Waals surface area (Å²) in [5.74, 6) is 1.93. The van der Waals surface area contributed by atoms with Crippen LogP contribution in [0.15, 0.2) is 0 Å². The molecule has 16 heavy (non-hydrogen) atoms. The maximum absolute atomic E-state index is 10.8. The molecule has 1 unspecified atom stereocenters. The first-order chi connectivity index (χ1) is 7.41. The Morgan fingerprint density at radius 1 is 1.31 bits per heavy atom. The summed E-state index contributed by atoms with van der Waals surface area (Å²) in [5.41, 5.74) is 0. The van der Waals surface area contributed by atoms with Crippen molar-refractivity contribution in [2.75, 3.05) is 18.1 Å². The lowest BCUT2D eigenvalue weighted by Gasteiger charge is -2.37. The van der Waals surface area contributed by atoms with Crippen molar-refractivity contribution in [1.29, 1.82) is 0 Å². The molecule has 0 radical (unpaired) electrons. The summed E-state index contributed by atoms with van der Waals surface area (Å²) in [6, 6.07) is 0. The first kappa shape index (κ1) is 14.7. The third-order valence-corrected chi connectivity index (χ3v) is 7.10. The van der Waals surface area contributed by atoms with Crippen LogP contribution in [0.2, 0.25) is 0 Å². The van der Waals surface area contributed by atoms with Crippen molar-refractivity contribution in [3.8, 4) is 0 Å². The first-order valence-electron chi connectivity index (χ1n) is 5.35. The van der Waals surface area contributed by atoms with Crippen LogP contribution in [-0.4, -0.2) is 33.1 Å². The van der Waals surface area contributed by atoms with E-state index < -0.39 is 3.79 Å². The number of thiol groups is 1. The highest BCUT2D eigenvalue weighted by Gasteiger charge is 2.38. The van der Waals surface area contributed by atoms with Crippen molar-refractivity contribution < 1.29 is 9.53 Å². The molecule has 1 aliphatic heterocycles. The van der Waals surface area contributed by atoms with Gasteiger partial charge in [0.15, 0.2) is 0 Å². The monoisotopic (exact) mass is 306 g/mol. The summed E-state index contributed by atoms with van der Waals surface area (Å²) in [6.45, 7) is 1.61. The highest BCUT2D eigenvalue weighted by molar-refractivity contribution is 8.17. The molecule has 1 fully saturated rings. The van der Waals surface area contributed by atoms with Gasteiger partial charge in [0.05, 0.1) is 5.25 Å². The second-order valence-corrected chi connectivity index (χ2v) is 9.02. The first-order valence-corrected chi connectivity index (χ1v) is 8.27. The van der Waals surface area contributed by atoms with Crippen LogP contribution in [0.25, 0.3) is 0 Å². The van der Waals surface area contributed by atoms with Gasteiger partial charge in [0, 0.05) is 6.92 Å². The van der Waals surface area contributed by atoms with Crippen molar-refractivity contribution in [1.82, 2.24) is 0 Å². The fourth-order valence-electron chi connectivity index (χ4n) is 1.83. The Kier molecular flexibility index (Phi) is 6.06. The maximum Gasteiger partial charge on any atom is 0.302 e. The third kappa shape index (κ3) is 4.91. The van der Waals surface area contributed by atoms with Crippen molar-refractivity contribution >= 4 is 51.7 Å². The van der Waals surface area contributed by atoms with E-state index >= 15 is 0 Å². The molecule has 1 heterocycles. The molecular formula is C10H17Cl3O2S. The van der Waals surface area contributed by atoms with Gasteiger partial charge < -0.3 is 4.74 Å². The Labute approximate surface area is 114 Å². The fraction of sp³-hybridized carbons (Fsp3) is 0.900. The van der Waals surface area contributed by atoms with Gasteiger partial charge in [-0.1, -0.05) is 41.2 Å². The van der Waals surface area contributed by atoms with Crippen LogP contribution in [0.5, 0.6) is 0 Å². The lowest BCUT2D eigenvalue weighted by atomic mass is 10.3. The molecule has 1 atom stereocenters. The lowest BCUT2D eigenvalue weighted by molar-refractivity contribution is -0.140. The third-order valence-electron chi connectivity index (χ3n) is 2.65. The molecule has 1 saturated heterocycles. The van der Waals surface area contributed by atoms with Gasteiger partial charge in [-0.3, -0.25) is 4.79 Å². The minimum absolute atomic E-state index is 0.128. The van der Waals surface area contributed by atoms with Gasteiger partial charge in [-0.15, -0.1) is 0 Å². The summed E-state index contributed by atoms with van der Waals surface area (Å²) >= 11 is 17.9. The second-order valence-electron chi connectivity index (χ2n) is 3.96. The lowest BCUT2D eigenvalue weighted by Crippen LogP contribution is -2.34. The molecule has 0 amide bonds. The topological polar surface area (TPSA) is 26.3 Å². The van der Waals surface area contributed by atoms with E-state index in [4.69, 9.17) is 39.5 Å². The number of hydrogen-bond acceptors (Lipinski definition) is 2. The Bertz CT molecular complexity index is 237. The van der Waals surface area contributed by atoms with Gasteiger partial charge in [0.25, 0.3) is 0 Å². The smallest absolute Gasteiger partial charge is 0.302 e. The standard InChI is InChI=1S/C10H17Cl3O2S/c1-8(14)15-7-9(10(11,12)13)16-5-3-2-4-6-16/h9,16H,2-7H2,1H3. The van der Waals surface area contributed by atoms with Gasteiger partial charge in [-0.2, -0.15) is 0 Å². The van der Waals surface area contributed by atoms with Crippen LogP contribution in [0.1, 0.15) is 26.2 Å². The molecule has 96 valence electrons. The van der Waals surface area contributed by atoms with Crippen LogP contribution in [0.3, 0.4) is 0 Å². The molecule has 1 rings (SSSR count). The largest absolute Gasteiger partial charge is 0.465 e. The van der Waals surface area contributed by atoms with Gasteiger partial charge in [-0.25, -0.2) is 10.9 Å². The van der Waals surface area contributed by atoms with Crippen LogP contribution in [0.4, 0.5) is 0 Å². The Hall–Kier alpha value is 0.690. The molecule has 0 aromatic heterocycles. The zero-order valence-electron chi connectivity index (χ0n) is 9.22. The minimum Gasteiger partial charge on any atom is -0.465 e. The molecule has 0 aromatic carbocycles. The summed E-state index contributed by atoms with van der Waals surface area (Å²) in [6.07, 6.45) is 3.66. The van der Waals surface area contributed by atoms with Gasteiger partial charge in [-0.05, 0) is 24.3 Å². The quantitative estimate of drug-likeness (QED) is 0.491. The summed E-state index contributed by atoms with van der Waals surface area (Å²) in [7, 11) is -0.327. The van der Waals surface area contributed by atoms with E-state index in [-0.39, 0.29) is 28.7 Å². The highest BCUT2D eigenvalue weighted by atomic mass is 35.6. The molecular weight excluding hydrogens is 291 g/mol. The van der Waals surface area contributed by atoms with Gasteiger partial charge in [0.1, 0.15) is 6.61 Å². The zero-order chi connectivity index (χ0) is 12.2. The number of hydrogen-bond donors (Lipinski definition) is 1. The van der Waals surface area contributed by atoms with E-state index in [1.54, 1.807) is 0 Å². The Morgan fingerprint density at radius 3 is 2.31 bits per heavy atom. The number of carbonyl (C=O) groups excluding carboxylic acids is 1. The molecule has 1 aliphatic rings. The van der Waals surface area contributed by atoms with Crippen LogP contribution >= 0.6 is 45.7 Å². The summed E-state index contributed by atoms with van der Waals surface area (Å²) in [5, 5.41) is -0.128. The molecule has 2 nitrogen and oxygen atoms in total. The van der Waals surface area contributed by atoms with Crippen molar-refractivity contribution in [2.24, 2.45) is 0 Å². The van der Waals surface area contributed by atoms with Crippen LogP contribution < -0.4 is 0 Å². The predicted octanol–water partition coefficient (Wildman–Crippen LogP) is 3.47. The van der Waals surface area contributed by atoms with E-state index in [1.165, 1.54) is 26.2 Å². The van der Waals surface area contributed by atoms with Crippen molar-refractivity contribution in [3.63, 3.8) is 0 Å². The number of rotatable bonds is 3. The second kappa shape index (κ2) is 6.58. The normalized spacial score (nSPS) is 21.6. The Morgan fingerprint density at radius 2 is 1.88 bits per heavy atom. The number of halogens is 3. The van der Waals surface area contributed by atoms with Crippen molar-refractivity contribution in [3.05, 3.63) is 0 Å². The van der Waals surface area contributed by atoms with E-state index in [0.717, 1.165) is 11.5 Å². The van der Waals surface area contributed by atoms with Crippen molar-refractivity contribution in [2.45, 2.75) is 35.2 Å². The Balaban J connectivity index is 2.58. The maximum atomic E-state index is 10.8. The molecule has 0 bridgehead atoms. The van der Waals surface area contributed by atoms with Crippen LogP contribution in [-0.2, 0) is 9.53 Å². The fourth-order valence-corrected chi connectivity index (χ4v) is 6.07. The molecule has 0 N–H and O–H groups in total.